The lowest BCUT2D eigenvalue weighted by atomic mass is 9.92. The lowest BCUT2D eigenvalue weighted by molar-refractivity contribution is 0.242. The van der Waals surface area contributed by atoms with Crippen molar-refractivity contribution < 1.29 is 4.79 Å². The molecule has 2 aromatic heterocycles. The molecule has 3 rings (SSSR count). The first-order valence-corrected chi connectivity index (χ1v) is 8.00. The quantitative estimate of drug-likeness (QED) is 0.672. The van der Waals surface area contributed by atoms with E-state index in [9.17, 15) is 4.79 Å². The molecule has 0 saturated heterocycles. The predicted molar refractivity (Wildman–Crippen MR) is 100 cm³/mol. The Morgan fingerprint density at radius 2 is 2.04 bits per heavy atom. The topological polar surface area (TPSA) is 82.7 Å². The van der Waals surface area contributed by atoms with Crippen molar-refractivity contribution in [2.45, 2.75) is 26.3 Å². The molecule has 0 aliphatic rings. The zero-order chi connectivity index (χ0) is 18.0. The molecule has 128 valence electrons. The van der Waals surface area contributed by atoms with Crippen LogP contribution in [0.1, 0.15) is 31.9 Å². The predicted octanol–water partition coefficient (Wildman–Crippen LogP) is 4.05. The number of hydrogen-bond acceptors (Lipinski definition) is 3. The molecule has 0 aliphatic heterocycles. The van der Waals surface area contributed by atoms with E-state index < -0.39 is 5.54 Å². The molecule has 0 fully saturated rings. The Morgan fingerprint density at radius 1 is 1.24 bits per heavy atom. The molecule has 0 radical (unpaired) electrons. The van der Waals surface area contributed by atoms with Gasteiger partial charge in [0.05, 0.1) is 29.3 Å². The zero-order valence-electron chi connectivity index (χ0n) is 14.6. The van der Waals surface area contributed by atoms with Gasteiger partial charge in [0.25, 0.3) is 0 Å². The Morgan fingerprint density at radius 3 is 2.80 bits per heavy atom. The summed E-state index contributed by atoms with van der Waals surface area (Å²) in [5.41, 5.74) is 4.49. The number of aromatic nitrogens is 3. The van der Waals surface area contributed by atoms with Crippen molar-refractivity contribution in [2.24, 2.45) is 0 Å². The van der Waals surface area contributed by atoms with Crippen molar-refractivity contribution in [1.82, 2.24) is 20.3 Å². The van der Waals surface area contributed by atoms with E-state index in [-0.39, 0.29) is 6.03 Å². The van der Waals surface area contributed by atoms with E-state index >= 15 is 0 Å². The second kappa shape index (κ2) is 6.39. The minimum absolute atomic E-state index is 0.300. The molecule has 0 atom stereocenters. The summed E-state index contributed by atoms with van der Waals surface area (Å²) in [6.07, 6.45) is 3.15. The number of pyridine rings is 1. The fraction of sp³-hybridized carbons (Fsp3) is 0.211. The molecule has 6 nitrogen and oxygen atoms in total. The van der Waals surface area contributed by atoms with Crippen LogP contribution in [0.3, 0.4) is 0 Å². The minimum atomic E-state index is -0.541. The first-order valence-electron chi connectivity index (χ1n) is 8.00. The van der Waals surface area contributed by atoms with Crippen LogP contribution in [0.25, 0.3) is 16.7 Å². The number of rotatable bonds is 4. The van der Waals surface area contributed by atoms with Gasteiger partial charge >= 0.3 is 6.03 Å². The number of nitrogens with zero attached hydrogens (tertiary/aromatic N) is 2. The van der Waals surface area contributed by atoms with Gasteiger partial charge in [-0.2, -0.15) is 0 Å². The Bertz CT molecular complexity index is 942. The Balaban J connectivity index is 1.74. The van der Waals surface area contributed by atoms with Gasteiger partial charge in [0.1, 0.15) is 0 Å². The number of benzene rings is 1. The number of carbonyl (C=O) groups is 1. The molecule has 2 amide bonds. The number of anilines is 1. The van der Waals surface area contributed by atoms with E-state index in [1.165, 1.54) is 0 Å². The molecule has 0 bridgehead atoms. The van der Waals surface area contributed by atoms with E-state index in [1.54, 1.807) is 18.6 Å². The van der Waals surface area contributed by atoms with Crippen molar-refractivity contribution in [3.8, 4) is 0 Å². The number of carbonyl (C=O) groups excluding carboxylic acids is 1. The maximum absolute atomic E-state index is 12.4. The second-order valence-electron chi connectivity index (χ2n) is 6.56. The summed E-state index contributed by atoms with van der Waals surface area (Å²) >= 11 is 0. The molecular formula is C19H21N5O. The lowest BCUT2D eigenvalue weighted by Crippen LogP contribution is -2.43. The molecule has 0 aliphatic carbocycles. The Hall–Kier alpha value is -3.15. The summed E-state index contributed by atoms with van der Waals surface area (Å²) in [5, 5.41) is 5.80. The number of imidazole rings is 1. The SMILES string of the molecule is C=C(C)c1cccc(C(C)(C)NC(=O)Nc2cnc3nc[nH]c3c2)c1. The number of allylic oxidation sites excluding steroid dienone is 1. The number of hydrogen-bond donors (Lipinski definition) is 3. The van der Waals surface area contributed by atoms with Gasteiger partial charge in [-0.1, -0.05) is 30.4 Å². The molecular weight excluding hydrogens is 314 g/mol. The van der Waals surface area contributed by atoms with Crippen molar-refractivity contribution in [3.05, 3.63) is 60.6 Å². The van der Waals surface area contributed by atoms with Gasteiger partial charge in [-0.05, 0) is 44.0 Å². The second-order valence-corrected chi connectivity index (χ2v) is 6.56. The highest BCUT2D eigenvalue weighted by molar-refractivity contribution is 5.91. The van der Waals surface area contributed by atoms with Gasteiger partial charge in [-0.3, -0.25) is 0 Å². The average molecular weight is 335 g/mol. The Labute approximate surface area is 146 Å². The summed E-state index contributed by atoms with van der Waals surface area (Å²) in [6.45, 7) is 9.85. The first kappa shape index (κ1) is 16.7. The zero-order valence-corrected chi connectivity index (χ0v) is 14.6. The van der Waals surface area contributed by atoms with Crippen molar-refractivity contribution in [1.29, 1.82) is 0 Å². The summed E-state index contributed by atoms with van der Waals surface area (Å²) < 4.78 is 0. The third-order valence-corrected chi connectivity index (χ3v) is 4.03. The maximum atomic E-state index is 12.4. The van der Waals surface area contributed by atoms with E-state index in [0.717, 1.165) is 22.2 Å². The molecule has 2 heterocycles. The van der Waals surface area contributed by atoms with Crippen molar-refractivity contribution in [2.75, 3.05) is 5.32 Å². The first-order chi connectivity index (χ1) is 11.8. The standard InChI is InChI=1S/C19H21N5O/c1-12(2)13-6-5-7-14(8-13)19(3,4)24-18(25)23-15-9-16-17(20-10-15)22-11-21-16/h5-11H,1H2,2-4H3,(H,20,21,22)(H2,23,24,25). The molecule has 3 aromatic rings. The van der Waals surface area contributed by atoms with E-state index in [2.05, 4.69) is 32.2 Å². The fourth-order valence-electron chi connectivity index (χ4n) is 2.59. The number of amides is 2. The fourth-order valence-corrected chi connectivity index (χ4v) is 2.59. The third kappa shape index (κ3) is 3.68. The minimum Gasteiger partial charge on any atom is -0.343 e. The molecule has 3 N–H and O–H groups in total. The number of urea groups is 1. The molecule has 0 spiro atoms. The van der Waals surface area contributed by atoms with Crippen LogP contribution in [0.4, 0.5) is 10.5 Å². The smallest absolute Gasteiger partial charge is 0.319 e. The van der Waals surface area contributed by atoms with Crippen LogP contribution >= 0.6 is 0 Å². The van der Waals surface area contributed by atoms with Gasteiger partial charge in [-0.15, -0.1) is 0 Å². The largest absolute Gasteiger partial charge is 0.343 e. The summed E-state index contributed by atoms with van der Waals surface area (Å²) in [6, 6.07) is 9.51. The maximum Gasteiger partial charge on any atom is 0.319 e. The van der Waals surface area contributed by atoms with Crippen LogP contribution in [0.15, 0.2) is 49.4 Å². The van der Waals surface area contributed by atoms with Crippen LogP contribution in [0.5, 0.6) is 0 Å². The normalized spacial score (nSPS) is 11.3. The molecule has 0 saturated carbocycles. The summed E-state index contributed by atoms with van der Waals surface area (Å²) in [5.74, 6) is 0. The third-order valence-electron chi connectivity index (χ3n) is 4.03. The van der Waals surface area contributed by atoms with E-state index in [4.69, 9.17) is 0 Å². The molecule has 0 unspecified atom stereocenters. The van der Waals surface area contributed by atoms with E-state index in [0.29, 0.717) is 11.3 Å². The van der Waals surface area contributed by atoms with Gasteiger partial charge < -0.3 is 15.6 Å². The lowest BCUT2D eigenvalue weighted by Gasteiger charge is -2.27. The molecule has 25 heavy (non-hydrogen) atoms. The van der Waals surface area contributed by atoms with Gasteiger partial charge in [0.15, 0.2) is 5.65 Å². The highest BCUT2D eigenvalue weighted by Crippen LogP contribution is 2.24. The van der Waals surface area contributed by atoms with Crippen LogP contribution < -0.4 is 10.6 Å². The highest BCUT2D eigenvalue weighted by atomic mass is 16.2. The van der Waals surface area contributed by atoms with Crippen LogP contribution in [0.2, 0.25) is 0 Å². The number of nitrogens with one attached hydrogen (secondary N) is 3. The monoisotopic (exact) mass is 335 g/mol. The number of aromatic amines is 1. The van der Waals surface area contributed by atoms with Crippen LogP contribution in [0, 0.1) is 0 Å². The van der Waals surface area contributed by atoms with Crippen LogP contribution in [-0.2, 0) is 5.54 Å². The number of fused-ring (bicyclic) bond motifs is 1. The average Bonchev–Trinajstić information content (AvgIpc) is 3.02. The summed E-state index contributed by atoms with van der Waals surface area (Å²) in [7, 11) is 0. The van der Waals surface area contributed by atoms with E-state index in [1.807, 2.05) is 45.0 Å². The summed E-state index contributed by atoms with van der Waals surface area (Å²) in [4.78, 5) is 23.6. The van der Waals surface area contributed by atoms with Crippen LogP contribution in [-0.4, -0.2) is 21.0 Å². The van der Waals surface area contributed by atoms with Gasteiger partial charge in [0, 0.05) is 0 Å². The van der Waals surface area contributed by atoms with Crippen molar-refractivity contribution >= 4 is 28.5 Å². The molecule has 1 aromatic carbocycles. The van der Waals surface area contributed by atoms with Crippen molar-refractivity contribution in [3.63, 3.8) is 0 Å². The number of H-pyrrole nitrogens is 1. The highest BCUT2D eigenvalue weighted by Gasteiger charge is 2.23. The van der Waals surface area contributed by atoms with Gasteiger partial charge in [0.2, 0.25) is 0 Å². The van der Waals surface area contributed by atoms with Gasteiger partial charge in [-0.25, -0.2) is 14.8 Å². The molecule has 6 heteroatoms. The Kier molecular flexibility index (Phi) is 4.27.